The maximum absolute atomic E-state index is 11.9. The van der Waals surface area contributed by atoms with E-state index in [9.17, 15) is 8.76 Å². The molecule has 166 valence electrons. The van der Waals surface area contributed by atoms with Crippen LogP contribution < -0.4 is 14.4 Å². The van der Waals surface area contributed by atoms with Gasteiger partial charge in [-0.3, -0.25) is 4.21 Å². The number of fused-ring (bicyclic) bond motifs is 1. The van der Waals surface area contributed by atoms with Crippen molar-refractivity contribution < 1.29 is 13.5 Å². The van der Waals surface area contributed by atoms with Crippen LogP contribution in [-0.2, 0) is 17.7 Å². The molecule has 0 bridgehead atoms. The Hall–Kier alpha value is -3.01. The van der Waals surface area contributed by atoms with Crippen LogP contribution >= 0.6 is 11.3 Å². The van der Waals surface area contributed by atoms with Gasteiger partial charge in [-0.2, -0.15) is 0 Å². The Morgan fingerprint density at radius 1 is 1.19 bits per heavy atom. The molecule has 0 saturated carbocycles. The summed E-state index contributed by atoms with van der Waals surface area (Å²) in [6.45, 7) is 5.18. The summed E-state index contributed by atoms with van der Waals surface area (Å²) in [5, 5.41) is 8.03. The van der Waals surface area contributed by atoms with Gasteiger partial charge in [0.05, 0.1) is 17.9 Å². The molecular weight excluding hydrogens is 444 g/mol. The van der Waals surface area contributed by atoms with Crippen LogP contribution in [-0.4, -0.2) is 31.9 Å². The number of aryl methyl sites for hydroxylation is 1. The molecule has 0 aliphatic heterocycles. The van der Waals surface area contributed by atoms with E-state index in [0.717, 1.165) is 10.7 Å². The number of anilines is 3. The van der Waals surface area contributed by atoms with Gasteiger partial charge in [0.2, 0.25) is 0 Å². The smallest absolute Gasteiger partial charge is 0.150 e. The number of ether oxygens (including phenoxy) is 1. The number of nitrogens with zero attached hydrogens (tertiary/aromatic N) is 3. The minimum atomic E-state index is -2.54. The molecule has 9 heteroatoms. The summed E-state index contributed by atoms with van der Waals surface area (Å²) in [7, 11) is 0. The molecule has 0 aliphatic carbocycles. The van der Waals surface area contributed by atoms with Crippen molar-refractivity contribution in [1.82, 2.24) is 9.97 Å². The van der Waals surface area contributed by atoms with Gasteiger partial charge in [-0.25, -0.2) is 14.3 Å². The van der Waals surface area contributed by atoms with Crippen LogP contribution in [0.3, 0.4) is 0 Å². The topological polar surface area (TPSA) is 90.4 Å². The molecule has 0 aliphatic rings. The highest BCUT2D eigenvalue weighted by molar-refractivity contribution is 7.81. The molecule has 0 amide bonds. The van der Waals surface area contributed by atoms with Crippen LogP contribution in [0.4, 0.5) is 16.6 Å². The number of hydrogen-bond donors (Lipinski definition) is 1. The highest BCUT2D eigenvalue weighted by atomic mass is 32.2. The highest BCUT2D eigenvalue weighted by Crippen LogP contribution is 2.35. The zero-order valence-electron chi connectivity index (χ0n) is 17.8. The summed E-state index contributed by atoms with van der Waals surface area (Å²) in [5.74, 6) is 1.45. The van der Waals surface area contributed by atoms with E-state index in [1.165, 1.54) is 39.6 Å². The number of aromatic nitrogens is 2. The molecule has 4 aromatic rings. The van der Waals surface area contributed by atoms with Crippen molar-refractivity contribution in [1.29, 1.82) is 0 Å². The second-order valence-electron chi connectivity index (χ2n) is 7.07. The lowest BCUT2D eigenvalue weighted by atomic mass is 9.98. The Morgan fingerprint density at radius 3 is 2.84 bits per heavy atom. The normalized spacial score (nSPS) is 12.0. The third-order valence-corrected chi connectivity index (χ3v) is 6.78. The minimum absolute atomic E-state index is 0.266. The summed E-state index contributed by atoms with van der Waals surface area (Å²) in [6, 6.07) is 15.9. The van der Waals surface area contributed by atoms with E-state index < -0.39 is 11.3 Å². The Balaban J connectivity index is 1.47. The van der Waals surface area contributed by atoms with Crippen molar-refractivity contribution in [2.75, 3.05) is 22.8 Å². The summed E-state index contributed by atoms with van der Waals surface area (Å²) >= 11 is -1.26. The first-order valence-electron chi connectivity index (χ1n) is 10.2. The van der Waals surface area contributed by atoms with Crippen LogP contribution in [0.2, 0.25) is 0 Å². The lowest BCUT2D eigenvalue weighted by Gasteiger charge is -2.23. The van der Waals surface area contributed by atoms with Crippen molar-refractivity contribution >= 4 is 50.0 Å². The van der Waals surface area contributed by atoms with E-state index in [2.05, 4.69) is 52.5 Å². The van der Waals surface area contributed by atoms with Gasteiger partial charge in [0, 0.05) is 24.1 Å². The molecule has 0 spiro atoms. The maximum atomic E-state index is 11.9. The summed E-state index contributed by atoms with van der Waals surface area (Å²) in [6.07, 6.45) is 2.17. The van der Waals surface area contributed by atoms with Gasteiger partial charge in [-0.15, -0.1) is 11.3 Å². The van der Waals surface area contributed by atoms with Crippen molar-refractivity contribution in [2.24, 2.45) is 0 Å². The molecule has 2 aromatic carbocycles. The third-order valence-electron chi connectivity index (χ3n) is 5.09. The zero-order chi connectivity index (χ0) is 22.5. The minimum Gasteiger partial charge on any atom is -0.755 e. The molecule has 4 rings (SSSR count). The molecule has 1 atom stereocenters. The molecule has 2 aromatic heterocycles. The van der Waals surface area contributed by atoms with Crippen LogP contribution in [0.5, 0.6) is 5.75 Å². The van der Waals surface area contributed by atoms with Crippen LogP contribution in [0.1, 0.15) is 18.1 Å². The van der Waals surface area contributed by atoms with E-state index in [1.807, 2.05) is 13.0 Å². The van der Waals surface area contributed by atoms with Gasteiger partial charge in [0.1, 0.15) is 28.7 Å². The van der Waals surface area contributed by atoms with Gasteiger partial charge in [-0.1, -0.05) is 36.4 Å². The lowest BCUT2D eigenvalue weighted by molar-refractivity contribution is 0.342. The van der Waals surface area contributed by atoms with E-state index in [4.69, 9.17) is 4.74 Å². The average Bonchev–Trinajstić information content (AvgIpc) is 3.24. The number of benzene rings is 2. The Labute approximate surface area is 193 Å². The van der Waals surface area contributed by atoms with Crippen LogP contribution in [0, 0.1) is 6.92 Å². The predicted molar refractivity (Wildman–Crippen MR) is 129 cm³/mol. The molecule has 32 heavy (non-hydrogen) atoms. The summed E-state index contributed by atoms with van der Waals surface area (Å²) < 4.78 is 30.4. The molecule has 0 fully saturated rings. The van der Waals surface area contributed by atoms with Gasteiger partial charge in [0.15, 0.2) is 0 Å². The van der Waals surface area contributed by atoms with E-state index in [-0.39, 0.29) is 5.82 Å². The molecule has 0 saturated heterocycles. The molecule has 1 N–H and O–H groups in total. The Kier molecular flexibility index (Phi) is 6.99. The Morgan fingerprint density at radius 2 is 2.03 bits per heavy atom. The maximum Gasteiger partial charge on any atom is 0.150 e. The van der Waals surface area contributed by atoms with E-state index >= 15 is 0 Å². The molecule has 0 radical (unpaired) electrons. The fourth-order valence-electron chi connectivity index (χ4n) is 3.54. The Bertz CT molecular complexity index is 1240. The summed E-state index contributed by atoms with van der Waals surface area (Å²) in [4.78, 5) is 8.40. The number of nitrogens with one attached hydrogen (secondary N) is 1. The summed E-state index contributed by atoms with van der Waals surface area (Å²) in [5.41, 5.74) is 2.53. The first-order valence-corrected chi connectivity index (χ1v) is 12.1. The average molecular weight is 468 g/mol. The van der Waals surface area contributed by atoms with Crippen molar-refractivity contribution in [3.63, 3.8) is 0 Å². The monoisotopic (exact) mass is 467 g/mol. The fraction of sp³-hybridized carbons (Fsp3) is 0.217. The quantitative estimate of drug-likeness (QED) is 0.349. The van der Waals surface area contributed by atoms with Crippen LogP contribution in [0.25, 0.3) is 10.8 Å². The highest BCUT2D eigenvalue weighted by Gasteiger charge is 2.16. The lowest BCUT2D eigenvalue weighted by Crippen LogP contribution is -2.20. The molecule has 7 nitrogen and oxygen atoms in total. The first kappa shape index (κ1) is 22.2. The van der Waals surface area contributed by atoms with E-state index in [0.29, 0.717) is 29.7 Å². The van der Waals surface area contributed by atoms with Gasteiger partial charge < -0.3 is 14.6 Å². The third kappa shape index (κ3) is 4.90. The first-order chi connectivity index (χ1) is 15.6. The zero-order valence-corrected chi connectivity index (χ0v) is 19.4. The number of hydrogen-bond acceptors (Lipinski definition) is 7. The number of thiophene rings is 1. The SMILES string of the molecule is CCOc1csc(N(c2cc(NCCc3ccc4ccccc4c3C)ncn2)S(=O)[O-])c1. The van der Waals surface area contributed by atoms with Gasteiger partial charge in [0.25, 0.3) is 0 Å². The second-order valence-corrected chi connectivity index (χ2v) is 8.76. The standard InChI is InChI=1S/C23H24N4O3S2/c1-3-30-19-12-23(31-14-19)27(32(28)29)22-13-21(25-15-26-22)24-11-10-17-8-9-18-6-4-5-7-20(18)16(17)2/h4-9,12-15H,3,10-11H2,1-2H3,(H,28,29)(H,24,25,26)/p-1. The van der Waals surface area contributed by atoms with Crippen molar-refractivity contribution in [3.05, 3.63) is 71.4 Å². The van der Waals surface area contributed by atoms with Crippen LogP contribution in [0.15, 0.2) is 60.2 Å². The second kappa shape index (κ2) is 10.1. The molecule has 1 unspecified atom stereocenters. The predicted octanol–water partition coefficient (Wildman–Crippen LogP) is 4.99. The van der Waals surface area contributed by atoms with Gasteiger partial charge >= 0.3 is 0 Å². The van der Waals surface area contributed by atoms with Crippen molar-refractivity contribution in [2.45, 2.75) is 20.3 Å². The molecule has 2 heterocycles. The largest absolute Gasteiger partial charge is 0.755 e. The van der Waals surface area contributed by atoms with Gasteiger partial charge in [-0.05, 0) is 42.2 Å². The molecular formula is C23H23N4O3S2-. The van der Waals surface area contributed by atoms with Crippen molar-refractivity contribution in [3.8, 4) is 5.75 Å². The number of rotatable bonds is 9. The van der Waals surface area contributed by atoms with E-state index in [1.54, 1.807) is 17.5 Å². The fourth-order valence-corrected chi connectivity index (χ4v) is 5.05.